The number of hydrogen-bond acceptors (Lipinski definition) is 4. The van der Waals surface area contributed by atoms with Gasteiger partial charge < -0.3 is 4.74 Å². The van der Waals surface area contributed by atoms with E-state index in [1.165, 1.54) is 0 Å². The Morgan fingerprint density at radius 3 is 2.58 bits per heavy atom. The highest BCUT2D eigenvalue weighted by Crippen LogP contribution is 2.42. The molecule has 6 heteroatoms. The molecule has 0 bridgehead atoms. The van der Waals surface area contributed by atoms with Gasteiger partial charge in [-0.3, -0.25) is 4.98 Å². The molecule has 26 heavy (non-hydrogen) atoms. The molecule has 0 saturated heterocycles. The monoisotopic (exact) mass is 408 g/mol. The lowest BCUT2D eigenvalue weighted by molar-refractivity contribution is 0.417. The Bertz CT molecular complexity index is 1080. The molecule has 0 unspecified atom stereocenters. The number of hydrogen-bond donors (Lipinski definition) is 0. The van der Waals surface area contributed by atoms with E-state index < -0.39 is 0 Å². The van der Waals surface area contributed by atoms with Crippen molar-refractivity contribution in [3.63, 3.8) is 0 Å². The number of halogens is 1. The minimum Gasteiger partial charge on any atom is -0.494 e. The summed E-state index contributed by atoms with van der Waals surface area (Å²) in [4.78, 5) is 9.22. The first-order chi connectivity index (χ1) is 12.7. The van der Waals surface area contributed by atoms with Crippen LogP contribution in [0, 0.1) is 0 Å². The van der Waals surface area contributed by atoms with E-state index in [2.05, 4.69) is 32.9 Å². The predicted molar refractivity (Wildman–Crippen MR) is 106 cm³/mol. The van der Waals surface area contributed by atoms with Crippen LogP contribution in [0.3, 0.4) is 0 Å². The Kier molecular flexibility index (Phi) is 4.42. The maximum absolute atomic E-state index is 5.83. The van der Waals surface area contributed by atoms with Crippen LogP contribution in [0.15, 0.2) is 59.5 Å². The van der Waals surface area contributed by atoms with Gasteiger partial charge in [-0.05, 0) is 28.9 Å². The maximum Gasteiger partial charge on any atom is 0.159 e. The van der Waals surface area contributed by atoms with Gasteiger partial charge in [-0.25, -0.2) is 9.67 Å². The van der Waals surface area contributed by atoms with Gasteiger partial charge in [-0.2, -0.15) is 5.10 Å². The van der Waals surface area contributed by atoms with E-state index in [0.717, 1.165) is 50.2 Å². The Morgan fingerprint density at radius 2 is 1.88 bits per heavy atom. The number of pyridine rings is 2. The van der Waals surface area contributed by atoms with Crippen LogP contribution in [0.5, 0.6) is 5.75 Å². The number of fused-ring (bicyclic) bond motifs is 1. The molecule has 0 amide bonds. The number of benzene rings is 1. The fourth-order valence-corrected chi connectivity index (χ4v) is 3.49. The average molecular weight is 409 g/mol. The second-order valence-electron chi connectivity index (χ2n) is 5.82. The topological polar surface area (TPSA) is 52.8 Å². The third-order valence-electron chi connectivity index (χ3n) is 4.29. The second-order valence-corrected chi connectivity index (χ2v) is 6.74. The molecule has 0 N–H and O–H groups in total. The summed E-state index contributed by atoms with van der Waals surface area (Å²) in [6, 6.07) is 12.1. The van der Waals surface area contributed by atoms with Gasteiger partial charge in [0.15, 0.2) is 11.4 Å². The van der Waals surface area contributed by atoms with Crippen LogP contribution >= 0.6 is 15.9 Å². The van der Waals surface area contributed by atoms with Crippen LogP contribution in [-0.4, -0.2) is 26.9 Å². The number of nitrogens with zero attached hydrogens (tertiary/aromatic N) is 4. The molecule has 0 atom stereocenters. The lowest BCUT2D eigenvalue weighted by atomic mass is 10.00. The number of methoxy groups -OCH3 is 1. The van der Waals surface area contributed by atoms with E-state index in [1.807, 2.05) is 53.5 Å². The average Bonchev–Trinajstić information content (AvgIpc) is 3.09. The molecule has 4 rings (SSSR count). The van der Waals surface area contributed by atoms with Crippen molar-refractivity contribution in [2.45, 2.75) is 13.5 Å². The summed E-state index contributed by atoms with van der Waals surface area (Å²) < 4.78 is 8.64. The van der Waals surface area contributed by atoms with Gasteiger partial charge in [-0.15, -0.1) is 0 Å². The summed E-state index contributed by atoms with van der Waals surface area (Å²) >= 11 is 3.51. The SMILES string of the molecule is CCn1ncc2c(-c3cncc(Br)c3)c(OC)c(-c3ccccc3)nc21. The van der Waals surface area contributed by atoms with Gasteiger partial charge in [0, 0.05) is 40.1 Å². The molecule has 0 spiro atoms. The molecule has 4 aromatic rings. The van der Waals surface area contributed by atoms with Crippen LogP contribution in [0.4, 0.5) is 0 Å². The van der Waals surface area contributed by atoms with Crippen LogP contribution in [-0.2, 0) is 6.54 Å². The molecule has 0 fully saturated rings. The van der Waals surface area contributed by atoms with Crippen LogP contribution in [0.2, 0.25) is 0 Å². The molecular formula is C20H17BrN4O. The van der Waals surface area contributed by atoms with Crippen molar-refractivity contribution in [3.05, 3.63) is 59.5 Å². The Hall–Kier alpha value is -2.73. The molecular weight excluding hydrogens is 392 g/mol. The minimum absolute atomic E-state index is 0.722. The second kappa shape index (κ2) is 6.88. The Morgan fingerprint density at radius 1 is 1.08 bits per heavy atom. The summed E-state index contributed by atoms with van der Waals surface area (Å²) in [6.45, 7) is 2.80. The highest BCUT2D eigenvalue weighted by atomic mass is 79.9. The quantitative estimate of drug-likeness (QED) is 0.479. The lowest BCUT2D eigenvalue weighted by Gasteiger charge is -2.15. The molecule has 5 nitrogen and oxygen atoms in total. The van der Waals surface area contributed by atoms with Crippen LogP contribution < -0.4 is 4.74 Å². The van der Waals surface area contributed by atoms with Crippen molar-refractivity contribution in [2.24, 2.45) is 0 Å². The Balaban J connectivity index is 2.13. The van der Waals surface area contributed by atoms with Gasteiger partial charge in [0.1, 0.15) is 5.69 Å². The Labute approximate surface area is 159 Å². The first-order valence-electron chi connectivity index (χ1n) is 8.32. The largest absolute Gasteiger partial charge is 0.494 e. The summed E-state index contributed by atoms with van der Waals surface area (Å²) in [5.41, 5.74) is 4.54. The van der Waals surface area contributed by atoms with E-state index >= 15 is 0 Å². The van der Waals surface area contributed by atoms with E-state index in [0.29, 0.717) is 0 Å². The highest BCUT2D eigenvalue weighted by Gasteiger charge is 2.21. The lowest BCUT2D eigenvalue weighted by Crippen LogP contribution is -2.01. The van der Waals surface area contributed by atoms with Crippen LogP contribution in [0.1, 0.15) is 6.92 Å². The zero-order valence-corrected chi connectivity index (χ0v) is 16.1. The van der Waals surface area contributed by atoms with Gasteiger partial charge >= 0.3 is 0 Å². The third-order valence-corrected chi connectivity index (χ3v) is 4.72. The molecule has 130 valence electrons. The predicted octanol–water partition coefficient (Wildman–Crippen LogP) is 4.95. The summed E-state index contributed by atoms with van der Waals surface area (Å²) in [6.07, 6.45) is 5.45. The van der Waals surface area contributed by atoms with E-state index in [9.17, 15) is 0 Å². The molecule has 0 aliphatic carbocycles. The smallest absolute Gasteiger partial charge is 0.159 e. The number of ether oxygens (including phenoxy) is 1. The van der Waals surface area contributed by atoms with Crippen molar-refractivity contribution >= 4 is 27.0 Å². The van der Waals surface area contributed by atoms with Crippen molar-refractivity contribution in [1.29, 1.82) is 0 Å². The molecule has 0 aliphatic heterocycles. The number of aromatic nitrogens is 4. The highest BCUT2D eigenvalue weighted by molar-refractivity contribution is 9.10. The first kappa shape index (κ1) is 16.7. The molecule has 1 aromatic carbocycles. The molecule has 3 aromatic heterocycles. The summed E-state index contributed by atoms with van der Waals surface area (Å²) in [7, 11) is 1.68. The number of rotatable bonds is 4. The van der Waals surface area contributed by atoms with Crippen molar-refractivity contribution in [3.8, 4) is 28.1 Å². The fraction of sp³-hybridized carbons (Fsp3) is 0.150. The van der Waals surface area contributed by atoms with Crippen LogP contribution in [0.25, 0.3) is 33.4 Å². The van der Waals surface area contributed by atoms with Gasteiger partial charge in [0.25, 0.3) is 0 Å². The van der Waals surface area contributed by atoms with Gasteiger partial charge in [0.2, 0.25) is 0 Å². The zero-order chi connectivity index (χ0) is 18.1. The van der Waals surface area contributed by atoms with E-state index in [-0.39, 0.29) is 0 Å². The molecule has 3 heterocycles. The van der Waals surface area contributed by atoms with E-state index in [4.69, 9.17) is 9.72 Å². The first-order valence-corrected chi connectivity index (χ1v) is 9.12. The minimum atomic E-state index is 0.722. The molecule has 0 saturated carbocycles. The van der Waals surface area contributed by atoms with Crippen molar-refractivity contribution in [2.75, 3.05) is 7.11 Å². The molecule has 0 radical (unpaired) electrons. The molecule has 0 aliphatic rings. The van der Waals surface area contributed by atoms with Gasteiger partial charge in [-0.1, -0.05) is 30.3 Å². The number of aryl methyl sites for hydroxylation is 1. The van der Waals surface area contributed by atoms with Gasteiger partial charge in [0.05, 0.1) is 18.7 Å². The summed E-state index contributed by atoms with van der Waals surface area (Å²) in [5, 5.41) is 5.45. The summed E-state index contributed by atoms with van der Waals surface area (Å²) in [5.74, 6) is 0.722. The standard InChI is InChI=1S/C20H17BrN4O/c1-3-25-20-16(12-23-25)17(14-9-15(21)11-22-10-14)19(26-2)18(24-20)13-7-5-4-6-8-13/h4-12H,3H2,1-2H3. The van der Waals surface area contributed by atoms with Crippen molar-refractivity contribution < 1.29 is 4.74 Å². The van der Waals surface area contributed by atoms with E-state index in [1.54, 1.807) is 13.3 Å². The maximum atomic E-state index is 5.83. The zero-order valence-electron chi connectivity index (χ0n) is 14.5. The normalized spacial score (nSPS) is 11.0. The third kappa shape index (κ3) is 2.76. The fourth-order valence-electron chi connectivity index (χ4n) is 3.13. The van der Waals surface area contributed by atoms with Crippen molar-refractivity contribution in [1.82, 2.24) is 19.7 Å².